The van der Waals surface area contributed by atoms with E-state index in [0.29, 0.717) is 5.56 Å². The number of aliphatic carboxylic acids is 1. The maximum absolute atomic E-state index is 13.3. The van der Waals surface area contributed by atoms with Crippen LogP contribution in [0.1, 0.15) is 11.8 Å². The van der Waals surface area contributed by atoms with Gasteiger partial charge in [-0.25, -0.2) is 14.0 Å². The van der Waals surface area contributed by atoms with Crippen LogP contribution in [0.2, 0.25) is 0 Å². The number of aliphatic hydroxyl groups excluding tert-OH is 2. The van der Waals surface area contributed by atoms with Crippen molar-refractivity contribution in [3.63, 3.8) is 0 Å². The molecule has 2 aromatic rings. The van der Waals surface area contributed by atoms with E-state index in [9.17, 15) is 38.9 Å². The number of hydrogen-bond acceptors (Lipinski definition) is 8. The topological polar surface area (TPSA) is 197 Å². The summed E-state index contributed by atoms with van der Waals surface area (Å²) in [6.45, 7) is 0. The number of ether oxygens (including phenoxy) is 1. The monoisotopic (exact) mass is 452 g/mol. The molecule has 1 aliphatic heterocycles. The van der Waals surface area contributed by atoms with Crippen LogP contribution in [0, 0.1) is 5.82 Å². The van der Waals surface area contributed by atoms with E-state index in [-0.39, 0.29) is 6.42 Å². The van der Waals surface area contributed by atoms with Crippen LogP contribution in [0.25, 0.3) is 0 Å². The molecule has 1 aromatic heterocycles. The number of rotatable bonds is 7. The maximum Gasteiger partial charge on any atom is 0.330 e. The molecule has 2 heterocycles. The molecule has 0 saturated carbocycles. The van der Waals surface area contributed by atoms with Gasteiger partial charge in [-0.1, -0.05) is 12.1 Å². The van der Waals surface area contributed by atoms with E-state index in [1.807, 2.05) is 4.98 Å². The van der Waals surface area contributed by atoms with Gasteiger partial charge in [0.2, 0.25) is 5.91 Å². The molecule has 0 aliphatic carbocycles. The van der Waals surface area contributed by atoms with E-state index >= 15 is 0 Å². The number of aromatic nitrogens is 2. The zero-order valence-corrected chi connectivity index (χ0v) is 16.4. The fourth-order valence-corrected chi connectivity index (χ4v) is 3.37. The molecule has 7 N–H and O–H groups in total. The third-order valence-corrected chi connectivity index (χ3v) is 4.97. The number of carbonyl (C=O) groups is 2. The van der Waals surface area contributed by atoms with Gasteiger partial charge in [-0.15, -0.1) is 0 Å². The summed E-state index contributed by atoms with van der Waals surface area (Å²) in [7, 11) is 0. The maximum atomic E-state index is 13.3. The lowest BCUT2D eigenvalue weighted by Crippen LogP contribution is -2.56. The van der Waals surface area contributed by atoms with Crippen molar-refractivity contribution in [2.75, 3.05) is 0 Å². The highest BCUT2D eigenvalue weighted by Gasteiger charge is 2.50. The van der Waals surface area contributed by atoms with Gasteiger partial charge in [-0.05, 0) is 24.1 Å². The fourth-order valence-electron chi connectivity index (χ4n) is 3.37. The molecule has 32 heavy (non-hydrogen) atoms. The summed E-state index contributed by atoms with van der Waals surface area (Å²) in [4.78, 5) is 49.3. The zero-order valence-electron chi connectivity index (χ0n) is 16.4. The largest absolute Gasteiger partial charge is 0.480 e. The summed E-state index contributed by atoms with van der Waals surface area (Å²) < 4.78 is 19.5. The van der Waals surface area contributed by atoms with Crippen molar-refractivity contribution >= 4 is 11.9 Å². The molecule has 1 aromatic carbocycles. The molecule has 172 valence electrons. The Bertz CT molecular complexity index is 1120. The Morgan fingerprint density at radius 2 is 1.97 bits per heavy atom. The highest BCUT2D eigenvalue weighted by Crippen LogP contribution is 2.30. The number of aromatic amines is 1. The van der Waals surface area contributed by atoms with Crippen LogP contribution in [-0.2, 0) is 20.7 Å². The first-order valence-corrected chi connectivity index (χ1v) is 9.44. The fraction of sp³-hybridized carbons (Fsp3) is 0.368. The lowest BCUT2D eigenvalue weighted by molar-refractivity contribution is -0.149. The summed E-state index contributed by atoms with van der Waals surface area (Å²) >= 11 is 0. The van der Waals surface area contributed by atoms with Crippen molar-refractivity contribution in [1.29, 1.82) is 0 Å². The molecule has 0 bridgehead atoms. The van der Waals surface area contributed by atoms with E-state index in [4.69, 9.17) is 10.5 Å². The second kappa shape index (κ2) is 9.40. The zero-order chi connectivity index (χ0) is 23.6. The first-order valence-electron chi connectivity index (χ1n) is 9.44. The summed E-state index contributed by atoms with van der Waals surface area (Å²) in [5, 5.41) is 32.3. The highest BCUT2D eigenvalue weighted by atomic mass is 19.1. The molecular formula is C19H21FN4O8. The number of H-pyrrole nitrogens is 1. The van der Waals surface area contributed by atoms with E-state index in [1.165, 1.54) is 24.3 Å². The number of halogens is 1. The normalized spacial score (nSPS) is 24.6. The van der Waals surface area contributed by atoms with Gasteiger partial charge in [0, 0.05) is 12.3 Å². The Morgan fingerprint density at radius 1 is 1.25 bits per heavy atom. The van der Waals surface area contributed by atoms with Gasteiger partial charge in [-0.2, -0.15) is 0 Å². The van der Waals surface area contributed by atoms with Crippen molar-refractivity contribution in [2.45, 2.75) is 43.0 Å². The molecular weight excluding hydrogens is 431 g/mol. The highest BCUT2D eigenvalue weighted by molar-refractivity contribution is 5.87. The van der Waals surface area contributed by atoms with Crippen molar-refractivity contribution in [2.24, 2.45) is 5.73 Å². The number of carboxylic acids is 1. The SMILES string of the molecule is N[C@@H](Cc1cccc(F)c1)C(=O)N[C@H](C(=O)O)[C@H]1O[C@@H](n2ccc(=O)[nH]c2=O)[C@H](O)[C@@H]1O. The van der Waals surface area contributed by atoms with E-state index in [0.717, 1.165) is 16.8 Å². The Labute approximate surface area is 179 Å². The summed E-state index contributed by atoms with van der Waals surface area (Å²) in [5.74, 6) is -3.04. The molecule has 0 unspecified atom stereocenters. The third kappa shape index (κ3) is 4.91. The number of carboxylic acid groups (broad SMARTS) is 1. The molecule has 0 spiro atoms. The minimum atomic E-state index is -1.84. The summed E-state index contributed by atoms with van der Waals surface area (Å²) in [5.41, 5.74) is 4.54. The molecule has 0 radical (unpaired) electrons. The summed E-state index contributed by atoms with van der Waals surface area (Å²) in [6.07, 6.45) is -5.83. The molecule has 1 saturated heterocycles. The molecule has 12 nitrogen and oxygen atoms in total. The van der Waals surface area contributed by atoms with E-state index in [2.05, 4.69) is 5.32 Å². The minimum Gasteiger partial charge on any atom is -0.480 e. The Kier molecular flexibility index (Phi) is 6.84. The Balaban J connectivity index is 1.76. The average molecular weight is 452 g/mol. The lowest BCUT2D eigenvalue weighted by Gasteiger charge is -2.24. The predicted molar refractivity (Wildman–Crippen MR) is 105 cm³/mol. The van der Waals surface area contributed by atoms with Crippen LogP contribution in [-0.4, -0.2) is 67.1 Å². The van der Waals surface area contributed by atoms with Gasteiger partial charge in [0.15, 0.2) is 12.3 Å². The van der Waals surface area contributed by atoms with Crippen LogP contribution in [0.3, 0.4) is 0 Å². The molecule has 3 rings (SSSR count). The van der Waals surface area contributed by atoms with Gasteiger partial charge in [-0.3, -0.25) is 19.1 Å². The van der Waals surface area contributed by atoms with E-state index in [1.54, 1.807) is 0 Å². The standard InChI is InChI=1S/C19H21FN4O8/c20-9-3-1-2-8(6-9)7-10(21)16(28)23-12(18(29)30)15-13(26)14(27)17(32-15)24-5-4-11(25)22-19(24)31/h1-6,10,12-15,17,26-27H,7,21H2,(H,23,28)(H,29,30)(H,22,25,31)/t10-,12-,13-,14+,15+,17+/m0/s1. The van der Waals surface area contributed by atoms with Crippen LogP contribution >= 0.6 is 0 Å². The Morgan fingerprint density at radius 3 is 2.59 bits per heavy atom. The van der Waals surface area contributed by atoms with Crippen LogP contribution < -0.4 is 22.3 Å². The Hall–Kier alpha value is -3.39. The second-order valence-electron chi connectivity index (χ2n) is 7.25. The molecule has 1 aliphatic rings. The van der Waals surface area contributed by atoms with Gasteiger partial charge in [0.25, 0.3) is 5.56 Å². The van der Waals surface area contributed by atoms with Gasteiger partial charge in [0.05, 0.1) is 6.04 Å². The smallest absolute Gasteiger partial charge is 0.330 e. The van der Waals surface area contributed by atoms with Gasteiger partial charge in [0.1, 0.15) is 24.1 Å². The van der Waals surface area contributed by atoms with Crippen molar-refractivity contribution in [3.8, 4) is 0 Å². The quantitative estimate of drug-likeness (QED) is 0.262. The number of nitrogens with zero attached hydrogens (tertiary/aromatic N) is 1. The number of carbonyl (C=O) groups excluding carboxylic acids is 1. The van der Waals surface area contributed by atoms with Gasteiger partial charge >= 0.3 is 11.7 Å². The number of aliphatic hydroxyl groups is 2. The van der Waals surface area contributed by atoms with Crippen molar-refractivity contribution in [3.05, 3.63) is 68.7 Å². The number of nitrogens with two attached hydrogens (primary N) is 1. The average Bonchev–Trinajstić information content (AvgIpc) is 3.00. The second-order valence-corrected chi connectivity index (χ2v) is 7.25. The number of hydrogen-bond donors (Lipinski definition) is 6. The van der Waals surface area contributed by atoms with Crippen LogP contribution in [0.15, 0.2) is 46.1 Å². The van der Waals surface area contributed by atoms with Crippen molar-refractivity contribution < 1.29 is 34.0 Å². The first kappa shape index (κ1) is 23.3. The number of benzene rings is 1. The van der Waals surface area contributed by atoms with Crippen molar-refractivity contribution in [1.82, 2.24) is 14.9 Å². The molecule has 13 heteroatoms. The minimum absolute atomic E-state index is 0.0952. The van der Waals surface area contributed by atoms with Crippen LogP contribution in [0.5, 0.6) is 0 Å². The molecule has 1 amide bonds. The molecule has 1 fully saturated rings. The predicted octanol–water partition coefficient (Wildman–Crippen LogP) is -2.57. The third-order valence-electron chi connectivity index (χ3n) is 4.97. The number of nitrogens with one attached hydrogen (secondary N) is 2. The first-order chi connectivity index (χ1) is 15.1. The lowest BCUT2D eigenvalue weighted by atomic mass is 10.0. The molecule has 6 atom stereocenters. The number of amides is 1. The summed E-state index contributed by atoms with van der Waals surface area (Å²) in [6, 6.07) is 3.24. The van der Waals surface area contributed by atoms with Gasteiger partial charge < -0.3 is 31.1 Å². The van der Waals surface area contributed by atoms with Crippen LogP contribution in [0.4, 0.5) is 4.39 Å². The van der Waals surface area contributed by atoms with E-state index < -0.39 is 65.6 Å².